The number of amides is 1. The van der Waals surface area contributed by atoms with E-state index in [-0.39, 0.29) is 18.4 Å². The van der Waals surface area contributed by atoms with Crippen molar-refractivity contribution in [3.63, 3.8) is 0 Å². The van der Waals surface area contributed by atoms with Gasteiger partial charge in [-0.2, -0.15) is 20.1 Å². The second-order valence-corrected chi connectivity index (χ2v) is 6.67. The van der Waals surface area contributed by atoms with Gasteiger partial charge in [0.25, 0.3) is 0 Å². The predicted octanol–water partition coefficient (Wildman–Crippen LogP) is 2.41. The molecule has 0 aliphatic carbocycles. The van der Waals surface area contributed by atoms with Crippen LogP contribution in [0.1, 0.15) is 18.4 Å². The van der Waals surface area contributed by atoms with Gasteiger partial charge in [-0.1, -0.05) is 6.07 Å². The Hall–Kier alpha value is -3.60. The third-order valence-electron chi connectivity index (χ3n) is 3.87. The number of anilines is 4. The molecule has 0 radical (unpaired) electrons. The van der Waals surface area contributed by atoms with Crippen molar-refractivity contribution in [1.82, 2.24) is 25.1 Å². The first-order chi connectivity index (χ1) is 14.4. The zero-order valence-corrected chi connectivity index (χ0v) is 16.9. The summed E-state index contributed by atoms with van der Waals surface area (Å²) in [5.41, 5.74) is 0.963. The van der Waals surface area contributed by atoms with E-state index in [1.807, 2.05) is 6.92 Å². The van der Waals surface area contributed by atoms with Crippen LogP contribution in [0.3, 0.4) is 0 Å². The van der Waals surface area contributed by atoms with Crippen molar-refractivity contribution in [2.45, 2.75) is 26.3 Å². The lowest BCUT2D eigenvalue weighted by atomic mass is 10.2. The number of rotatable bonds is 9. The highest BCUT2D eigenvalue weighted by Crippen LogP contribution is 2.15. The summed E-state index contributed by atoms with van der Waals surface area (Å²) in [6, 6.07) is 7.40. The Morgan fingerprint density at radius 2 is 2.03 bits per heavy atom. The van der Waals surface area contributed by atoms with E-state index in [1.54, 1.807) is 26.2 Å². The fraction of sp³-hybridized carbons (Fsp3) is 0.316. The average Bonchev–Trinajstić information content (AvgIpc) is 3.07. The Bertz CT molecular complexity index is 1010. The molecule has 158 valence electrons. The smallest absolute Gasteiger partial charge is 0.233 e. The number of nitrogens with zero attached hydrogens (tertiary/aromatic N) is 4. The van der Waals surface area contributed by atoms with E-state index in [2.05, 4.69) is 41.1 Å². The van der Waals surface area contributed by atoms with Crippen LogP contribution in [0.4, 0.5) is 27.8 Å². The first kappa shape index (κ1) is 21.1. The molecule has 0 saturated carbocycles. The fourth-order valence-electron chi connectivity index (χ4n) is 2.69. The number of methoxy groups -OCH3 is 1. The number of hydrogen-bond donors (Lipinski definition) is 4. The number of nitrogens with one attached hydrogen (secondary N) is 4. The molecule has 0 aliphatic rings. The Labute approximate surface area is 172 Å². The van der Waals surface area contributed by atoms with Crippen molar-refractivity contribution < 1.29 is 13.9 Å². The van der Waals surface area contributed by atoms with Gasteiger partial charge in [-0.3, -0.25) is 9.89 Å². The number of hydrogen-bond acceptors (Lipinski definition) is 8. The zero-order valence-electron chi connectivity index (χ0n) is 16.9. The van der Waals surface area contributed by atoms with Gasteiger partial charge in [0.1, 0.15) is 11.6 Å². The fourth-order valence-corrected chi connectivity index (χ4v) is 2.69. The van der Waals surface area contributed by atoms with Gasteiger partial charge in [-0.25, -0.2) is 4.39 Å². The molecule has 30 heavy (non-hydrogen) atoms. The Morgan fingerprint density at radius 3 is 2.80 bits per heavy atom. The van der Waals surface area contributed by atoms with Crippen LogP contribution in [0.2, 0.25) is 0 Å². The molecule has 0 spiro atoms. The largest absolute Gasteiger partial charge is 0.383 e. The lowest BCUT2D eigenvalue weighted by Gasteiger charge is -2.13. The topological polar surface area (TPSA) is 130 Å². The second kappa shape index (κ2) is 9.74. The number of ether oxygens (including phenoxy) is 1. The van der Waals surface area contributed by atoms with E-state index in [0.29, 0.717) is 41.5 Å². The Morgan fingerprint density at radius 1 is 1.23 bits per heavy atom. The molecule has 4 N–H and O–H groups in total. The molecule has 1 aromatic carbocycles. The Kier molecular flexibility index (Phi) is 6.86. The number of carbonyl (C=O) groups is 1. The minimum Gasteiger partial charge on any atom is -0.383 e. The lowest BCUT2D eigenvalue weighted by Crippen LogP contribution is -2.22. The van der Waals surface area contributed by atoms with Crippen molar-refractivity contribution in [3.8, 4) is 0 Å². The maximum Gasteiger partial charge on any atom is 0.233 e. The third kappa shape index (κ3) is 6.21. The lowest BCUT2D eigenvalue weighted by molar-refractivity contribution is -0.115. The molecule has 0 aliphatic heterocycles. The van der Waals surface area contributed by atoms with E-state index in [0.717, 1.165) is 0 Å². The maximum absolute atomic E-state index is 13.2. The van der Waals surface area contributed by atoms with Crippen LogP contribution in [0.5, 0.6) is 0 Å². The number of halogens is 1. The summed E-state index contributed by atoms with van der Waals surface area (Å²) in [5.74, 6) is 0.996. The Balaban J connectivity index is 1.61. The molecule has 1 unspecified atom stereocenters. The van der Waals surface area contributed by atoms with Gasteiger partial charge < -0.3 is 20.7 Å². The highest BCUT2D eigenvalue weighted by Gasteiger charge is 2.11. The molecule has 0 bridgehead atoms. The van der Waals surface area contributed by atoms with Gasteiger partial charge in [0.05, 0.1) is 13.0 Å². The molecular weight excluding hydrogens is 391 g/mol. The standard InChI is InChI=1S/C19H23FN8O2/c1-11(10-30-3)21-18-22-12(2)23-19(26-18)25-16-8-15(27-28-16)9-17(29)24-14-6-4-5-13(20)7-14/h4-8,11H,9-10H2,1-3H3,(H,24,29)(H3,21,22,23,25,26,27,28). The number of aryl methyl sites for hydroxylation is 1. The summed E-state index contributed by atoms with van der Waals surface area (Å²) in [6.45, 7) is 4.21. The number of H-pyrrole nitrogens is 1. The molecule has 0 fully saturated rings. The third-order valence-corrected chi connectivity index (χ3v) is 3.87. The first-order valence-electron chi connectivity index (χ1n) is 9.26. The van der Waals surface area contributed by atoms with Crippen LogP contribution < -0.4 is 16.0 Å². The summed E-state index contributed by atoms with van der Waals surface area (Å²) < 4.78 is 18.3. The van der Waals surface area contributed by atoms with E-state index in [1.165, 1.54) is 18.2 Å². The monoisotopic (exact) mass is 414 g/mol. The van der Waals surface area contributed by atoms with E-state index in [4.69, 9.17) is 4.74 Å². The molecule has 1 atom stereocenters. The van der Waals surface area contributed by atoms with Crippen LogP contribution in [-0.2, 0) is 16.0 Å². The molecule has 0 saturated heterocycles. The summed E-state index contributed by atoms with van der Waals surface area (Å²) in [7, 11) is 1.62. The predicted molar refractivity (Wildman–Crippen MR) is 110 cm³/mol. The van der Waals surface area contributed by atoms with Gasteiger partial charge >= 0.3 is 0 Å². The average molecular weight is 414 g/mol. The van der Waals surface area contributed by atoms with Gasteiger partial charge in [0, 0.05) is 30.6 Å². The normalized spacial score (nSPS) is 11.7. The van der Waals surface area contributed by atoms with Gasteiger partial charge in [0.2, 0.25) is 17.8 Å². The van der Waals surface area contributed by atoms with Crippen molar-refractivity contribution in [2.24, 2.45) is 0 Å². The number of carbonyl (C=O) groups excluding carboxylic acids is 1. The van der Waals surface area contributed by atoms with Crippen LogP contribution in [-0.4, -0.2) is 50.8 Å². The maximum atomic E-state index is 13.2. The molecule has 2 aromatic heterocycles. The minimum absolute atomic E-state index is 0.0261. The number of aromatic nitrogens is 5. The van der Waals surface area contributed by atoms with Crippen molar-refractivity contribution in [2.75, 3.05) is 29.7 Å². The van der Waals surface area contributed by atoms with Crippen molar-refractivity contribution in [1.29, 1.82) is 0 Å². The SMILES string of the molecule is COCC(C)Nc1nc(C)nc(Nc2cc(CC(=O)Nc3cccc(F)c3)[nH]n2)n1. The second-order valence-electron chi connectivity index (χ2n) is 6.67. The highest BCUT2D eigenvalue weighted by atomic mass is 19.1. The van der Waals surface area contributed by atoms with Gasteiger partial charge in [0.15, 0.2) is 5.82 Å². The molecule has 11 heteroatoms. The van der Waals surface area contributed by atoms with Crippen LogP contribution >= 0.6 is 0 Å². The molecular formula is C19H23FN8O2. The van der Waals surface area contributed by atoms with Gasteiger partial charge in [-0.15, -0.1) is 0 Å². The summed E-state index contributed by atoms with van der Waals surface area (Å²) in [5, 5.41) is 15.7. The van der Waals surface area contributed by atoms with E-state index < -0.39 is 5.82 Å². The van der Waals surface area contributed by atoms with Crippen LogP contribution in [0, 0.1) is 12.7 Å². The van der Waals surface area contributed by atoms with Crippen molar-refractivity contribution >= 4 is 29.3 Å². The van der Waals surface area contributed by atoms with Crippen LogP contribution in [0.25, 0.3) is 0 Å². The molecule has 3 aromatic rings. The first-order valence-corrected chi connectivity index (χ1v) is 9.26. The molecule has 1 amide bonds. The summed E-state index contributed by atoms with van der Waals surface area (Å²) in [6.07, 6.45) is 0.0444. The van der Waals surface area contributed by atoms with Crippen LogP contribution in [0.15, 0.2) is 30.3 Å². The number of aromatic amines is 1. The van der Waals surface area contributed by atoms with Crippen molar-refractivity contribution in [3.05, 3.63) is 47.7 Å². The molecule has 3 rings (SSSR count). The molecule has 10 nitrogen and oxygen atoms in total. The summed E-state index contributed by atoms with van der Waals surface area (Å²) in [4.78, 5) is 25.0. The quantitative estimate of drug-likeness (QED) is 0.420. The molecule has 2 heterocycles. The zero-order chi connectivity index (χ0) is 21.5. The highest BCUT2D eigenvalue weighted by molar-refractivity contribution is 5.92. The van der Waals surface area contributed by atoms with Gasteiger partial charge in [-0.05, 0) is 32.0 Å². The summed E-state index contributed by atoms with van der Waals surface area (Å²) >= 11 is 0. The van der Waals surface area contributed by atoms with E-state index >= 15 is 0 Å². The minimum atomic E-state index is -0.418. The number of benzene rings is 1. The van der Waals surface area contributed by atoms with E-state index in [9.17, 15) is 9.18 Å².